The third kappa shape index (κ3) is 4.20. The molecule has 154 valence electrons. The van der Waals surface area contributed by atoms with Gasteiger partial charge in [-0.2, -0.15) is 13.2 Å². The van der Waals surface area contributed by atoms with Crippen molar-refractivity contribution in [2.24, 2.45) is 0 Å². The number of hydrogen-bond donors (Lipinski definition) is 3. The molecule has 0 saturated carbocycles. The van der Waals surface area contributed by atoms with Crippen LogP contribution in [0.15, 0.2) is 6.07 Å². The molecule has 1 amide bonds. The van der Waals surface area contributed by atoms with Gasteiger partial charge in [-0.3, -0.25) is 0 Å². The highest BCUT2D eigenvalue weighted by molar-refractivity contribution is 6.59. The first-order chi connectivity index (χ1) is 12.8. The van der Waals surface area contributed by atoms with Gasteiger partial charge in [-0.25, -0.2) is 9.78 Å². The second kappa shape index (κ2) is 6.80. The van der Waals surface area contributed by atoms with Crippen LogP contribution in [-0.4, -0.2) is 57.4 Å². The summed E-state index contributed by atoms with van der Waals surface area (Å²) in [5.41, 5.74) is -2.72. The molecule has 1 unspecified atom stereocenters. The molecule has 3 heterocycles. The fourth-order valence-corrected chi connectivity index (χ4v) is 3.64. The minimum absolute atomic E-state index is 0.0639. The summed E-state index contributed by atoms with van der Waals surface area (Å²) >= 11 is 0. The van der Waals surface area contributed by atoms with E-state index in [0.717, 1.165) is 6.07 Å². The number of amides is 1. The number of carbonyl (C=O) groups is 1. The minimum atomic E-state index is -4.82. The Balaban J connectivity index is 1.84. The Hall–Kier alpha value is -2.01. The van der Waals surface area contributed by atoms with Crippen molar-refractivity contribution < 1.29 is 32.8 Å². The Bertz CT molecular complexity index is 782. The Kier molecular flexibility index (Phi) is 5.03. The number of hydrogen-bond acceptors (Lipinski definition) is 6. The number of carbonyl (C=O) groups excluding carboxylic acids is 1. The first kappa shape index (κ1) is 20.7. The lowest BCUT2D eigenvalue weighted by atomic mass is 9.76. The smallest absolute Gasteiger partial charge is 0.444 e. The van der Waals surface area contributed by atoms with E-state index in [2.05, 4.69) is 10.3 Å². The van der Waals surface area contributed by atoms with Gasteiger partial charge in [0, 0.05) is 18.6 Å². The summed E-state index contributed by atoms with van der Waals surface area (Å²) < 4.78 is 45.2. The fraction of sp³-hybridized carbons (Fsp3) is 0.647. The Morgan fingerprint density at radius 1 is 1.32 bits per heavy atom. The van der Waals surface area contributed by atoms with Crippen molar-refractivity contribution in [2.75, 3.05) is 18.4 Å². The van der Waals surface area contributed by atoms with Crippen molar-refractivity contribution in [3.63, 3.8) is 0 Å². The number of aromatic nitrogens is 1. The van der Waals surface area contributed by atoms with E-state index in [1.165, 1.54) is 0 Å². The van der Waals surface area contributed by atoms with E-state index in [0.29, 0.717) is 37.9 Å². The number of halogens is 3. The van der Waals surface area contributed by atoms with Gasteiger partial charge in [0.25, 0.3) is 0 Å². The SMILES string of the molecule is CC(C)(C)OC(=O)N1CCC2(CCc3cc(B(O)O)c(C(F)(F)F)nc3N2)C1. The largest absolute Gasteiger partial charge is 0.490 e. The van der Waals surface area contributed by atoms with Crippen molar-refractivity contribution in [1.82, 2.24) is 9.88 Å². The number of rotatable bonds is 1. The van der Waals surface area contributed by atoms with Crippen LogP contribution in [0.5, 0.6) is 0 Å². The lowest BCUT2D eigenvalue weighted by molar-refractivity contribution is -0.140. The number of aryl methyl sites for hydroxylation is 1. The third-order valence-corrected chi connectivity index (χ3v) is 4.94. The average molecular weight is 401 g/mol. The summed E-state index contributed by atoms with van der Waals surface area (Å²) in [5.74, 6) is 0.0639. The number of nitrogens with one attached hydrogen (secondary N) is 1. The molecule has 0 radical (unpaired) electrons. The van der Waals surface area contributed by atoms with E-state index in [4.69, 9.17) is 4.74 Å². The number of likely N-dealkylation sites (tertiary alicyclic amines) is 1. The van der Waals surface area contributed by atoms with Gasteiger partial charge in [-0.15, -0.1) is 0 Å². The predicted molar refractivity (Wildman–Crippen MR) is 96.2 cm³/mol. The van der Waals surface area contributed by atoms with E-state index in [-0.39, 0.29) is 5.82 Å². The summed E-state index contributed by atoms with van der Waals surface area (Å²) in [6.07, 6.45) is -3.74. The van der Waals surface area contributed by atoms with E-state index in [1.54, 1.807) is 25.7 Å². The molecule has 2 aliphatic rings. The molecule has 28 heavy (non-hydrogen) atoms. The normalized spacial score (nSPS) is 22.1. The molecule has 1 atom stereocenters. The van der Waals surface area contributed by atoms with Crippen LogP contribution in [-0.2, 0) is 17.3 Å². The Morgan fingerprint density at radius 2 is 2.00 bits per heavy atom. The van der Waals surface area contributed by atoms with Crippen LogP contribution >= 0.6 is 0 Å². The van der Waals surface area contributed by atoms with Crippen LogP contribution in [0.25, 0.3) is 0 Å². The minimum Gasteiger partial charge on any atom is -0.444 e. The average Bonchev–Trinajstić information content (AvgIpc) is 2.95. The van der Waals surface area contributed by atoms with Gasteiger partial charge in [0.1, 0.15) is 17.1 Å². The summed E-state index contributed by atoms with van der Waals surface area (Å²) in [7, 11) is -2.26. The molecule has 1 aromatic rings. The van der Waals surface area contributed by atoms with E-state index in [1.807, 2.05) is 0 Å². The number of fused-ring (bicyclic) bond motifs is 1. The molecule has 3 rings (SSSR count). The topological polar surface area (TPSA) is 94.9 Å². The van der Waals surface area contributed by atoms with Crippen molar-refractivity contribution in [2.45, 2.75) is 57.3 Å². The number of anilines is 1. The van der Waals surface area contributed by atoms with Gasteiger partial charge in [0.15, 0.2) is 0 Å². The highest BCUT2D eigenvalue weighted by atomic mass is 19.4. The molecule has 1 spiro atoms. The predicted octanol–water partition coefficient (Wildman–Crippen LogP) is 1.52. The van der Waals surface area contributed by atoms with Crippen LogP contribution in [0, 0.1) is 0 Å². The summed E-state index contributed by atoms with van der Waals surface area (Å²) in [4.78, 5) is 17.5. The first-order valence-corrected chi connectivity index (χ1v) is 9.03. The summed E-state index contributed by atoms with van der Waals surface area (Å²) in [6, 6.07) is 1.14. The number of nitrogens with zero attached hydrogens (tertiary/aromatic N) is 2. The lowest BCUT2D eigenvalue weighted by Crippen LogP contribution is -2.47. The van der Waals surface area contributed by atoms with Gasteiger partial charge in [-0.1, -0.05) is 6.07 Å². The molecule has 0 aliphatic carbocycles. The Morgan fingerprint density at radius 3 is 2.57 bits per heavy atom. The van der Waals surface area contributed by atoms with Crippen LogP contribution in [0.3, 0.4) is 0 Å². The zero-order valence-corrected chi connectivity index (χ0v) is 15.9. The molecule has 0 bridgehead atoms. The third-order valence-electron chi connectivity index (χ3n) is 4.94. The van der Waals surface area contributed by atoms with Crippen LogP contribution in [0.1, 0.15) is 44.9 Å². The molecule has 1 saturated heterocycles. The van der Waals surface area contributed by atoms with Gasteiger partial charge in [0.05, 0.1) is 5.54 Å². The van der Waals surface area contributed by atoms with Crippen molar-refractivity contribution in [1.29, 1.82) is 0 Å². The molecule has 0 aromatic carbocycles. The molecule has 1 fully saturated rings. The highest BCUT2D eigenvalue weighted by Crippen LogP contribution is 2.38. The van der Waals surface area contributed by atoms with Crippen LogP contribution in [0.4, 0.5) is 23.8 Å². The molecule has 2 aliphatic heterocycles. The second-order valence-electron chi connectivity index (χ2n) is 8.36. The standard InChI is InChI=1S/C17H23BF3N3O4/c1-15(2,3)28-14(25)24-7-6-16(9-24)5-4-10-8-11(18(26)27)12(17(19,20)21)22-13(10)23-16/h8,26-27H,4-7,9H2,1-3H3,(H,22,23). The second-order valence-corrected chi connectivity index (χ2v) is 8.36. The monoisotopic (exact) mass is 401 g/mol. The molecular formula is C17H23BF3N3O4. The number of pyridine rings is 1. The Labute approximate surface area is 161 Å². The van der Waals surface area contributed by atoms with Crippen LogP contribution in [0.2, 0.25) is 0 Å². The van der Waals surface area contributed by atoms with Crippen molar-refractivity contribution >= 4 is 24.5 Å². The quantitative estimate of drug-likeness (QED) is 0.618. The fourth-order valence-electron chi connectivity index (χ4n) is 3.64. The summed E-state index contributed by atoms with van der Waals surface area (Å²) in [6.45, 7) is 6.02. The van der Waals surface area contributed by atoms with E-state index in [9.17, 15) is 28.0 Å². The number of ether oxygens (including phenoxy) is 1. The molecule has 3 N–H and O–H groups in total. The zero-order valence-electron chi connectivity index (χ0n) is 15.9. The first-order valence-electron chi connectivity index (χ1n) is 9.03. The highest BCUT2D eigenvalue weighted by Gasteiger charge is 2.45. The van der Waals surface area contributed by atoms with E-state index < -0.39 is 41.7 Å². The summed E-state index contributed by atoms with van der Waals surface area (Å²) in [5, 5.41) is 21.7. The molecule has 11 heteroatoms. The van der Waals surface area contributed by atoms with Gasteiger partial charge in [-0.05, 0) is 45.6 Å². The van der Waals surface area contributed by atoms with Crippen molar-refractivity contribution in [3.8, 4) is 0 Å². The van der Waals surface area contributed by atoms with Gasteiger partial charge in [0.2, 0.25) is 0 Å². The number of alkyl halides is 3. The molecule has 7 nitrogen and oxygen atoms in total. The molecule has 1 aromatic heterocycles. The zero-order chi connectivity index (χ0) is 20.9. The van der Waals surface area contributed by atoms with E-state index >= 15 is 0 Å². The lowest BCUT2D eigenvalue weighted by Gasteiger charge is -2.36. The van der Waals surface area contributed by atoms with Crippen molar-refractivity contribution in [3.05, 3.63) is 17.3 Å². The van der Waals surface area contributed by atoms with Gasteiger partial charge >= 0.3 is 19.4 Å². The van der Waals surface area contributed by atoms with Gasteiger partial charge < -0.3 is 25.0 Å². The molecular weight excluding hydrogens is 378 g/mol. The maximum absolute atomic E-state index is 13.3. The maximum Gasteiger partial charge on any atom is 0.490 e. The van der Waals surface area contributed by atoms with Crippen LogP contribution < -0.4 is 10.8 Å². The maximum atomic E-state index is 13.3.